The zero-order chi connectivity index (χ0) is 13.3. The third-order valence-electron chi connectivity index (χ3n) is 3.03. The summed E-state index contributed by atoms with van der Waals surface area (Å²) < 4.78 is 15.1. The van der Waals surface area contributed by atoms with Gasteiger partial charge in [0.05, 0.1) is 18.2 Å². The van der Waals surface area contributed by atoms with Crippen LogP contribution in [0.3, 0.4) is 0 Å². The molecule has 2 aromatic rings. The van der Waals surface area contributed by atoms with Crippen LogP contribution in [0, 0.1) is 12.7 Å². The van der Waals surface area contributed by atoms with Crippen molar-refractivity contribution in [2.75, 3.05) is 0 Å². The van der Waals surface area contributed by atoms with Gasteiger partial charge in [-0.1, -0.05) is 12.1 Å². The molecule has 0 amide bonds. The summed E-state index contributed by atoms with van der Waals surface area (Å²) in [5.74, 6) is -0.261. The molecule has 3 nitrogen and oxygen atoms in total. The minimum atomic E-state index is -0.783. The van der Waals surface area contributed by atoms with E-state index in [-0.39, 0.29) is 11.9 Å². The van der Waals surface area contributed by atoms with Gasteiger partial charge in [0.25, 0.3) is 0 Å². The Labute approximate surface area is 106 Å². The number of hydrogen-bond donors (Lipinski definition) is 1. The molecule has 0 aliphatic carbocycles. The molecule has 4 heteroatoms. The summed E-state index contributed by atoms with van der Waals surface area (Å²) in [6.45, 7) is 5.73. The molecule has 0 radical (unpaired) electrons. The number of halogens is 1. The highest BCUT2D eigenvalue weighted by Gasteiger charge is 2.17. The van der Waals surface area contributed by atoms with Gasteiger partial charge in [-0.3, -0.25) is 0 Å². The SMILES string of the molecule is Cc1cc(C(O)c2cncn2C(C)C)ccc1F. The predicted molar refractivity (Wildman–Crippen MR) is 67.8 cm³/mol. The molecule has 0 bridgehead atoms. The summed E-state index contributed by atoms with van der Waals surface area (Å²) in [6.07, 6.45) is 2.55. The van der Waals surface area contributed by atoms with E-state index in [4.69, 9.17) is 0 Å². The number of hydrogen-bond acceptors (Lipinski definition) is 2. The molecule has 1 aromatic heterocycles. The minimum absolute atomic E-state index is 0.221. The molecule has 0 aliphatic heterocycles. The van der Waals surface area contributed by atoms with Crippen molar-refractivity contribution in [2.24, 2.45) is 0 Å². The molecule has 1 aromatic carbocycles. The number of rotatable bonds is 3. The van der Waals surface area contributed by atoms with Crippen LogP contribution in [0.1, 0.15) is 42.8 Å². The molecule has 0 saturated carbocycles. The Kier molecular flexibility index (Phi) is 3.48. The lowest BCUT2D eigenvalue weighted by Crippen LogP contribution is -2.10. The van der Waals surface area contributed by atoms with Gasteiger partial charge >= 0.3 is 0 Å². The minimum Gasteiger partial charge on any atom is -0.382 e. The predicted octanol–water partition coefficient (Wildman–Crippen LogP) is 2.99. The van der Waals surface area contributed by atoms with Crippen LogP contribution in [-0.2, 0) is 0 Å². The Morgan fingerprint density at radius 1 is 1.33 bits per heavy atom. The van der Waals surface area contributed by atoms with Gasteiger partial charge in [0.1, 0.15) is 11.9 Å². The summed E-state index contributed by atoms with van der Waals surface area (Å²) in [6, 6.07) is 4.87. The molecular weight excluding hydrogens is 231 g/mol. The normalized spacial score (nSPS) is 13.0. The molecule has 96 valence electrons. The lowest BCUT2D eigenvalue weighted by atomic mass is 10.0. The van der Waals surface area contributed by atoms with Crippen molar-refractivity contribution in [1.29, 1.82) is 0 Å². The van der Waals surface area contributed by atoms with Crippen molar-refractivity contribution in [2.45, 2.75) is 32.9 Å². The van der Waals surface area contributed by atoms with Crippen molar-refractivity contribution >= 4 is 0 Å². The van der Waals surface area contributed by atoms with Crippen molar-refractivity contribution in [3.8, 4) is 0 Å². The maximum absolute atomic E-state index is 13.2. The second kappa shape index (κ2) is 4.90. The van der Waals surface area contributed by atoms with E-state index in [1.165, 1.54) is 6.07 Å². The number of aliphatic hydroxyl groups excluding tert-OH is 1. The lowest BCUT2D eigenvalue weighted by molar-refractivity contribution is 0.207. The number of aliphatic hydroxyl groups is 1. The van der Waals surface area contributed by atoms with E-state index in [2.05, 4.69) is 4.98 Å². The van der Waals surface area contributed by atoms with Crippen LogP contribution in [-0.4, -0.2) is 14.7 Å². The smallest absolute Gasteiger partial charge is 0.126 e. The summed E-state index contributed by atoms with van der Waals surface area (Å²) in [4.78, 5) is 4.06. The number of imidazole rings is 1. The number of aryl methyl sites for hydroxylation is 1. The Morgan fingerprint density at radius 2 is 2.06 bits per heavy atom. The zero-order valence-electron chi connectivity index (χ0n) is 10.8. The van der Waals surface area contributed by atoms with Crippen molar-refractivity contribution in [1.82, 2.24) is 9.55 Å². The Morgan fingerprint density at radius 3 is 2.67 bits per heavy atom. The van der Waals surface area contributed by atoms with E-state index >= 15 is 0 Å². The Bertz CT molecular complexity index is 548. The fourth-order valence-corrected chi connectivity index (χ4v) is 1.97. The van der Waals surface area contributed by atoms with E-state index in [1.807, 2.05) is 18.4 Å². The van der Waals surface area contributed by atoms with Crippen molar-refractivity contribution in [3.05, 3.63) is 53.4 Å². The first-order valence-electron chi connectivity index (χ1n) is 5.96. The van der Waals surface area contributed by atoms with Crippen LogP contribution in [0.4, 0.5) is 4.39 Å². The quantitative estimate of drug-likeness (QED) is 0.906. The zero-order valence-corrected chi connectivity index (χ0v) is 10.8. The standard InChI is InChI=1S/C14H17FN2O/c1-9(2)17-8-16-7-13(17)14(18)11-4-5-12(15)10(3)6-11/h4-9,14,18H,1-3H3. The first kappa shape index (κ1) is 12.8. The lowest BCUT2D eigenvalue weighted by Gasteiger charge is -2.17. The maximum Gasteiger partial charge on any atom is 0.126 e. The molecule has 0 aliphatic rings. The highest BCUT2D eigenvalue weighted by molar-refractivity contribution is 5.30. The summed E-state index contributed by atoms with van der Waals surface area (Å²) in [5.41, 5.74) is 1.93. The maximum atomic E-state index is 13.2. The summed E-state index contributed by atoms with van der Waals surface area (Å²) in [5, 5.41) is 10.3. The van der Waals surface area contributed by atoms with Gasteiger partial charge in [-0.15, -0.1) is 0 Å². The van der Waals surface area contributed by atoms with Crippen LogP contribution in [0.5, 0.6) is 0 Å². The van der Waals surface area contributed by atoms with E-state index < -0.39 is 6.10 Å². The van der Waals surface area contributed by atoms with Crippen molar-refractivity contribution in [3.63, 3.8) is 0 Å². The Balaban J connectivity index is 2.38. The number of aromatic nitrogens is 2. The van der Waals surface area contributed by atoms with Gasteiger partial charge in [0.15, 0.2) is 0 Å². The topological polar surface area (TPSA) is 38.1 Å². The number of nitrogens with zero attached hydrogens (tertiary/aromatic N) is 2. The van der Waals surface area contributed by atoms with E-state index in [1.54, 1.807) is 31.6 Å². The molecule has 1 atom stereocenters. The van der Waals surface area contributed by atoms with Crippen LogP contribution in [0.2, 0.25) is 0 Å². The molecule has 2 rings (SSSR count). The van der Waals surface area contributed by atoms with Crippen LogP contribution in [0.15, 0.2) is 30.7 Å². The third-order valence-corrected chi connectivity index (χ3v) is 3.03. The fraction of sp³-hybridized carbons (Fsp3) is 0.357. The van der Waals surface area contributed by atoms with Gasteiger partial charge < -0.3 is 9.67 Å². The monoisotopic (exact) mass is 248 g/mol. The molecule has 0 spiro atoms. The Hall–Kier alpha value is -1.68. The third kappa shape index (κ3) is 2.29. The molecular formula is C14H17FN2O. The molecule has 1 unspecified atom stereocenters. The van der Waals surface area contributed by atoms with E-state index in [0.29, 0.717) is 11.1 Å². The van der Waals surface area contributed by atoms with Gasteiger partial charge in [0, 0.05) is 6.04 Å². The average molecular weight is 248 g/mol. The fourth-order valence-electron chi connectivity index (χ4n) is 1.97. The van der Waals surface area contributed by atoms with Crippen LogP contribution >= 0.6 is 0 Å². The highest BCUT2D eigenvalue weighted by Crippen LogP contribution is 2.25. The highest BCUT2D eigenvalue weighted by atomic mass is 19.1. The van der Waals surface area contributed by atoms with Gasteiger partial charge in [-0.2, -0.15) is 0 Å². The molecule has 1 N–H and O–H groups in total. The largest absolute Gasteiger partial charge is 0.382 e. The van der Waals surface area contributed by atoms with Gasteiger partial charge in [-0.05, 0) is 38.0 Å². The first-order valence-corrected chi connectivity index (χ1v) is 5.96. The molecule has 1 heterocycles. The van der Waals surface area contributed by atoms with E-state index in [0.717, 1.165) is 5.69 Å². The van der Waals surface area contributed by atoms with Gasteiger partial charge in [-0.25, -0.2) is 9.37 Å². The van der Waals surface area contributed by atoms with Gasteiger partial charge in [0.2, 0.25) is 0 Å². The van der Waals surface area contributed by atoms with Crippen LogP contribution in [0.25, 0.3) is 0 Å². The van der Waals surface area contributed by atoms with Crippen molar-refractivity contribution < 1.29 is 9.50 Å². The van der Waals surface area contributed by atoms with Crippen LogP contribution < -0.4 is 0 Å². The van der Waals surface area contributed by atoms with E-state index in [9.17, 15) is 9.50 Å². The second-order valence-electron chi connectivity index (χ2n) is 4.73. The molecule has 18 heavy (non-hydrogen) atoms. The molecule has 0 saturated heterocycles. The number of benzene rings is 1. The summed E-state index contributed by atoms with van der Waals surface area (Å²) >= 11 is 0. The first-order chi connectivity index (χ1) is 8.50. The molecule has 0 fully saturated rings. The second-order valence-corrected chi connectivity index (χ2v) is 4.73. The summed E-state index contributed by atoms with van der Waals surface area (Å²) in [7, 11) is 0. The average Bonchev–Trinajstić information content (AvgIpc) is 2.81.